The Hall–Kier alpha value is -3.09. The van der Waals surface area contributed by atoms with Crippen molar-refractivity contribution in [3.05, 3.63) is 60.4 Å². The van der Waals surface area contributed by atoms with E-state index in [1.54, 1.807) is 17.0 Å². The van der Waals surface area contributed by atoms with Gasteiger partial charge in [0, 0.05) is 44.9 Å². The van der Waals surface area contributed by atoms with Crippen molar-refractivity contribution in [2.45, 2.75) is 38.2 Å². The summed E-state index contributed by atoms with van der Waals surface area (Å²) in [6.07, 6.45) is 4.06. The summed E-state index contributed by atoms with van der Waals surface area (Å²) in [5.41, 5.74) is 0. The minimum Gasteiger partial charge on any atom is -0.490 e. The molecule has 0 radical (unpaired) electrons. The fourth-order valence-corrected chi connectivity index (χ4v) is 4.55. The molecule has 0 saturated carbocycles. The lowest BCUT2D eigenvalue weighted by Gasteiger charge is -2.39. The van der Waals surface area contributed by atoms with Gasteiger partial charge in [-0.3, -0.25) is 9.59 Å². The zero-order chi connectivity index (χ0) is 23.0. The predicted molar refractivity (Wildman–Crippen MR) is 122 cm³/mol. The van der Waals surface area contributed by atoms with E-state index in [1.807, 2.05) is 35.2 Å². The van der Waals surface area contributed by atoms with Crippen LogP contribution in [0.3, 0.4) is 0 Å². The number of likely N-dealkylation sites (tertiary alicyclic amines) is 2. The van der Waals surface area contributed by atoms with Crippen LogP contribution in [0.5, 0.6) is 11.5 Å². The Morgan fingerprint density at radius 2 is 1.61 bits per heavy atom. The van der Waals surface area contributed by atoms with E-state index < -0.39 is 5.82 Å². The highest BCUT2D eigenvalue weighted by molar-refractivity contribution is 5.79. The Balaban J connectivity index is 1.40. The number of benzene rings is 2. The Morgan fingerprint density at radius 1 is 0.879 bits per heavy atom. The lowest BCUT2D eigenvalue weighted by atomic mass is 9.90. The lowest BCUT2D eigenvalue weighted by molar-refractivity contribution is -0.140. The molecule has 2 fully saturated rings. The first-order valence-electron chi connectivity index (χ1n) is 11.7. The minimum absolute atomic E-state index is 0.0602. The third-order valence-electron chi connectivity index (χ3n) is 6.38. The number of hydrogen-bond acceptors (Lipinski definition) is 4. The van der Waals surface area contributed by atoms with Gasteiger partial charge in [0.25, 0.3) is 5.91 Å². The second-order valence-corrected chi connectivity index (χ2v) is 8.72. The van der Waals surface area contributed by atoms with Crippen LogP contribution in [0.4, 0.5) is 4.39 Å². The highest BCUT2D eigenvalue weighted by atomic mass is 19.1. The fourth-order valence-electron chi connectivity index (χ4n) is 4.55. The van der Waals surface area contributed by atoms with Crippen molar-refractivity contribution >= 4 is 11.8 Å². The van der Waals surface area contributed by atoms with Crippen LogP contribution in [0.2, 0.25) is 0 Å². The predicted octanol–water partition coefficient (Wildman–Crippen LogP) is 3.90. The van der Waals surface area contributed by atoms with E-state index in [9.17, 15) is 14.0 Å². The number of carbonyl (C=O) groups is 2. The topological polar surface area (TPSA) is 59.1 Å². The maximum atomic E-state index is 13.8. The first-order valence-corrected chi connectivity index (χ1v) is 11.7. The Labute approximate surface area is 194 Å². The standard InChI is InChI=1S/C26H31FN2O4/c27-22-11-5-6-12-24(22)32-19-26(31)29-16-13-23(33-21-9-3-1-4-10-21)20(18-29)17-25(30)28-14-7-2-8-15-28/h1,3-6,9-12,20,23H,2,7-8,13-19H2/t20-,23-/m0/s1. The second-order valence-electron chi connectivity index (χ2n) is 8.72. The van der Waals surface area contributed by atoms with Gasteiger partial charge in [0.15, 0.2) is 18.2 Å². The third kappa shape index (κ3) is 6.24. The summed E-state index contributed by atoms with van der Waals surface area (Å²) in [6.45, 7) is 2.28. The molecule has 0 N–H and O–H groups in total. The summed E-state index contributed by atoms with van der Waals surface area (Å²) in [7, 11) is 0. The van der Waals surface area contributed by atoms with E-state index in [1.165, 1.54) is 12.1 Å². The molecular weight excluding hydrogens is 423 g/mol. The smallest absolute Gasteiger partial charge is 0.260 e. The highest BCUT2D eigenvalue weighted by Crippen LogP contribution is 2.27. The number of rotatable bonds is 7. The summed E-state index contributed by atoms with van der Waals surface area (Å²) >= 11 is 0. The van der Waals surface area contributed by atoms with Crippen LogP contribution in [-0.4, -0.2) is 60.5 Å². The number of ether oxygens (including phenoxy) is 2. The highest BCUT2D eigenvalue weighted by Gasteiger charge is 2.35. The summed E-state index contributed by atoms with van der Waals surface area (Å²) in [6, 6.07) is 15.6. The fraction of sp³-hybridized carbons (Fsp3) is 0.462. The molecule has 4 rings (SSSR count). The van der Waals surface area contributed by atoms with Crippen LogP contribution in [0, 0.1) is 11.7 Å². The van der Waals surface area contributed by atoms with Crippen LogP contribution < -0.4 is 9.47 Å². The van der Waals surface area contributed by atoms with E-state index in [0.717, 1.165) is 38.1 Å². The molecule has 2 heterocycles. The van der Waals surface area contributed by atoms with Crippen molar-refractivity contribution in [2.24, 2.45) is 5.92 Å². The molecule has 2 atom stereocenters. The molecule has 176 valence electrons. The monoisotopic (exact) mass is 454 g/mol. The van der Waals surface area contributed by atoms with Crippen molar-refractivity contribution in [2.75, 3.05) is 32.8 Å². The number of carbonyl (C=O) groups excluding carboxylic acids is 2. The van der Waals surface area contributed by atoms with E-state index in [-0.39, 0.29) is 36.2 Å². The van der Waals surface area contributed by atoms with Crippen molar-refractivity contribution < 1.29 is 23.5 Å². The average molecular weight is 455 g/mol. The Morgan fingerprint density at radius 3 is 2.36 bits per heavy atom. The van der Waals surface area contributed by atoms with E-state index >= 15 is 0 Å². The number of piperidine rings is 2. The molecule has 6 nitrogen and oxygen atoms in total. The maximum Gasteiger partial charge on any atom is 0.260 e. The first kappa shape index (κ1) is 23.1. The summed E-state index contributed by atoms with van der Waals surface area (Å²) in [5.74, 6) is 0.117. The average Bonchev–Trinajstić information content (AvgIpc) is 2.85. The van der Waals surface area contributed by atoms with Gasteiger partial charge in [-0.1, -0.05) is 30.3 Å². The van der Waals surface area contributed by atoms with E-state index in [0.29, 0.717) is 25.9 Å². The molecule has 7 heteroatoms. The number of halogens is 1. The maximum absolute atomic E-state index is 13.8. The Bertz CT molecular complexity index is 933. The van der Waals surface area contributed by atoms with Gasteiger partial charge in [-0.25, -0.2) is 4.39 Å². The van der Waals surface area contributed by atoms with Gasteiger partial charge in [0.1, 0.15) is 11.9 Å². The SMILES string of the molecule is O=C(C[C@H]1CN(C(=O)COc2ccccc2F)CC[C@@H]1Oc1ccccc1)N1CCCCC1. The van der Waals surface area contributed by atoms with Gasteiger partial charge in [-0.15, -0.1) is 0 Å². The molecular formula is C26H31FN2O4. The number of nitrogens with zero attached hydrogens (tertiary/aromatic N) is 2. The Kier molecular flexibility index (Phi) is 7.81. The quantitative estimate of drug-likeness (QED) is 0.637. The van der Waals surface area contributed by atoms with Gasteiger partial charge in [0.2, 0.25) is 5.91 Å². The summed E-state index contributed by atoms with van der Waals surface area (Å²) in [5, 5.41) is 0. The molecule has 2 aliphatic heterocycles. The zero-order valence-corrected chi connectivity index (χ0v) is 18.8. The third-order valence-corrected chi connectivity index (χ3v) is 6.38. The molecule has 0 spiro atoms. The molecule has 2 aromatic carbocycles. The molecule has 0 unspecified atom stereocenters. The number of para-hydroxylation sites is 2. The van der Waals surface area contributed by atoms with E-state index in [4.69, 9.17) is 9.47 Å². The molecule has 2 amide bonds. The van der Waals surface area contributed by atoms with Crippen LogP contribution >= 0.6 is 0 Å². The van der Waals surface area contributed by atoms with Gasteiger partial charge in [-0.05, 0) is 43.5 Å². The summed E-state index contributed by atoms with van der Waals surface area (Å²) < 4.78 is 25.5. The van der Waals surface area contributed by atoms with Crippen LogP contribution in [0.25, 0.3) is 0 Å². The molecule has 0 aromatic heterocycles. The summed E-state index contributed by atoms with van der Waals surface area (Å²) in [4.78, 5) is 29.5. The zero-order valence-electron chi connectivity index (χ0n) is 18.8. The van der Waals surface area contributed by atoms with Crippen LogP contribution in [-0.2, 0) is 9.59 Å². The minimum atomic E-state index is -0.495. The second kappa shape index (κ2) is 11.2. The number of amides is 2. The van der Waals surface area contributed by atoms with Gasteiger partial charge < -0.3 is 19.3 Å². The molecule has 0 aliphatic carbocycles. The normalized spacial score (nSPS) is 20.9. The van der Waals surface area contributed by atoms with Crippen molar-refractivity contribution in [3.8, 4) is 11.5 Å². The van der Waals surface area contributed by atoms with Gasteiger partial charge in [0.05, 0.1) is 0 Å². The van der Waals surface area contributed by atoms with E-state index in [2.05, 4.69) is 0 Å². The van der Waals surface area contributed by atoms with Crippen LogP contribution in [0.1, 0.15) is 32.1 Å². The van der Waals surface area contributed by atoms with Gasteiger partial charge >= 0.3 is 0 Å². The van der Waals surface area contributed by atoms with Crippen molar-refractivity contribution in [3.63, 3.8) is 0 Å². The van der Waals surface area contributed by atoms with Gasteiger partial charge in [-0.2, -0.15) is 0 Å². The molecule has 2 aromatic rings. The molecule has 33 heavy (non-hydrogen) atoms. The first-order chi connectivity index (χ1) is 16.1. The largest absolute Gasteiger partial charge is 0.490 e. The molecule has 2 saturated heterocycles. The molecule has 0 bridgehead atoms. The van der Waals surface area contributed by atoms with Crippen LogP contribution in [0.15, 0.2) is 54.6 Å². The lowest BCUT2D eigenvalue weighted by Crippen LogP contribution is -2.50. The molecule has 2 aliphatic rings. The number of hydrogen-bond donors (Lipinski definition) is 0. The van der Waals surface area contributed by atoms with Crippen molar-refractivity contribution in [1.29, 1.82) is 0 Å². The van der Waals surface area contributed by atoms with Crippen molar-refractivity contribution in [1.82, 2.24) is 9.80 Å².